The van der Waals surface area contributed by atoms with E-state index in [0.717, 1.165) is 0 Å². The molecule has 2 atom stereocenters. The van der Waals surface area contributed by atoms with Crippen molar-refractivity contribution in [3.05, 3.63) is 0 Å². The highest BCUT2D eigenvalue weighted by atomic mass is 32.2. The van der Waals surface area contributed by atoms with Gasteiger partial charge in [-0.05, 0) is 12.8 Å². The molecule has 1 saturated heterocycles. The van der Waals surface area contributed by atoms with Gasteiger partial charge in [-0.25, -0.2) is 8.42 Å². The lowest BCUT2D eigenvalue weighted by molar-refractivity contribution is 0.142. The summed E-state index contributed by atoms with van der Waals surface area (Å²) in [5.74, 6) is 0.188. The molecule has 0 radical (unpaired) electrons. The van der Waals surface area contributed by atoms with Crippen molar-refractivity contribution < 1.29 is 13.5 Å². The number of hydrogen-bond acceptors (Lipinski definition) is 4. The van der Waals surface area contributed by atoms with Gasteiger partial charge in [-0.2, -0.15) is 0 Å². The Labute approximate surface area is 66.3 Å². The van der Waals surface area contributed by atoms with E-state index in [-0.39, 0.29) is 24.0 Å². The van der Waals surface area contributed by atoms with Crippen molar-refractivity contribution in [2.75, 3.05) is 11.5 Å². The average molecular weight is 179 g/mol. The average Bonchev–Trinajstić information content (AvgIpc) is 2.03. The van der Waals surface area contributed by atoms with E-state index in [9.17, 15) is 13.5 Å². The normalized spacial score (nSPS) is 38.0. The van der Waals surface area contributed by atoms with Gasteiger partial charge in [-0.3, -0.25) is 0 Å². The highest BCUT2D eigenvalue weighted by Gasteiger charge is 2.24. The summed E-state index contributed by atoms with van der Waals surface area (Å²) in [5, 5.41) is 9.20. The Morgan fingerprint density at radius 2 is 1.82 bits per heavy atom. The second-order valence-electron chi connectivity index (χ2n) is 2.96. The van der Waals surface area contributed by atoms with Crippen molar-refractivity contribution in [3.63, 3.8) is 0 Å². The molecule has 0 aliphatic carbocycles. The van der Waals surface area contributed by atoms with Crippen LogP contribution in [-0.2, 0) is 9.84 Å². The number of nitrogens with two attached hydrogens (primary N) is 1. The first kappa shape index (κ1) is 8.96. The maximum Gasteiger partial charge on any atom is 0.150 e. The van der Waals surface area contributed by atoms with E-state index in [1.54, 1.807) is 0 Å². The first-order chi connectivity index (χ1) is 5.01. The molecule has 66 valence electrons. The summed E-state index contributed by atoms with van der Waals surface area (Å²) in [5.41, 5.74) is 5.48. The van der Waals surface area contributed by atoms with Crippen LogP contribution in [0.5, 0.6) is 0 Å². The van der Waals surface area contributed by atoms with Crippen LogP contribution in [0.3, 0.4) is 0 Å². The number of aliphatic hydroxyl groups excluding tert-OH is 1. The largest absolute Gasteiger partial charge is 0.391 e. The van der Waals surface area contributed by atoms with E-state index in [1.165, 1.54) is 0 Å². The fourth-order valence-corrected chi connectivity index (χ4v) is 2.56. The van der Waals surface area contributed by atoms with Crippen LogP contribution in [-0.4, -0.2) is 37.2 Å². The second-order valence-corrected chi connectivity index (χ2v) is 5.26. The van der Waals surface area contributed by atoms with Gasteiger partial charge in [0.1, 0.15) is 9.84 Å². The van der Waals surface area contributed by atoms with Crippen LogP contribution in [0.2, 0.25) is 0 Å². The SMILES string of the molecule is NC1CCS(=O)(=O)CCC1O. The lowest BCUT2D eigenvalue weighted by Crippen LogP contribution is -2.34. The predicted molar refractivity (Wildman–Crippen MR) is 41.9 cm³/mol. The number of aliphatic hydroxyl groups is 1. The molecule has 0 spiro atoms. The summed E-state index contributed by atoms with van der Waals surface area (Å²) in [4.78, 5) is 0. The fraction of sp³-hybridized carbons (Fsp3) is 1.00. The summed E-state index contributed by atoms with van der Waals surface area (Å²) in [7, 11) is -2.93. The van der Waals surface area contributed by atoms with Crippen molar-refractivity contribution in [1.82, 2.24) is 0 Å². The standard InChI is InChI=1S/C6H13NO3S/c7-5-1-3-11(9,10)4-2-6(5)8/h5-6,8H,1-4,7H2. The Bertz CT molecular complexity index is 206. The van der Waals surface area contributed by atoms with E-state index in [2.05, 4.69) is 0 Å². The molecule has 4 nitrogen and oxygen atoms in total. The maximum atomic E-state index is 11.0. The van der Waals surface area contributed by atoms with Gasteiger partial charge >= 0.3 is 0 Å². The Hall–Kier alpha value is -0.130. The second kappa shape index (κ2) is 3.08. The molecule has 0 saturated carbocycles. The smallest absolute Gasteiger partial charge is 0.150 e. The highest BCUT2D eigenvalue weighted by Crippen LogP contribution is 2.11. The van der Waals surface area contributed by atoms with Crippen molar-refractivity contribution in [2.45, 2.75) is 25.0 Å². The van der Waals surface area contributed by atoms with Crippen LogP contribution < -0.4 is 5.73 Å². The predicted octanol–water partition coefficient (Wildman–Crippen LogP) is -1.12. The lowest BCUT2D eigenvalue weighted by atomic mass is 10.1. The van der Waals surface area contributed by atoms with E-state index >= 15 is 0 Å². The summed E-state index contributed by atoms with van der Waals surface area (Å²) < 4.78 is 22.0. The van der Waals surface area contributed by atoms with Crippen molar-refractivity contribution in [3.8, 4) is 0 Å². The van der Waals surface area contributed by atoms with Gasteiger partial charge in [0.05, 0.1) is 17.6 Å². The molecular weight excluding hydrogens is 166 g/mol. The zero-order valence-corrected chi connectivity index (χ0v) is 7.05. The summed E-state index contributed by atoms with van der Waals surface area (Å²) in [6.07, 6.45) is 0.0137. The molecule has 1 aliphatic rings. The third kappa shape index (κ3) is 2.43. The minimum Gasteiger partial charge on any atom is -0.391 e. The van der Waals surface area contributed by atoms with Crippen molar-refractivity contribution in [1.29, 1.82) is 0 Å². The van der Waals surface area contributed by atoms with Gasteiger partial charge < -0.3 is 10.8 Å². The molecule has 0 aromatic rings. The monoisotopic (exact) mass is 179 g/mol. The third-order valence-corrected chi connectivity index (χ3v) is 3.70. The van der Waals surface area contributed by atoms with Gasteiger partial charge in [0, 0.05) is 6.04 Å². The van der Waals surface area contributed by atoms with Gasteiger partial charge in [-0.1, -0.05) is 0 Å². The summed E-state index contributed by atoms with van der Waals surface area (Å²) >= 11 is 0. The molecule has 0 aromatic carbocycles. The molecule has 1 rings (SSSR count). The van der Waals surface area contributed by atoms with Crippen LogP contribution in [0.1, 0.15) is 12.8 Å². The van der Waals surface area contributed by atoms with Gasteiger partial charge in [0.15, 0.2) is 0 Å². The van der Waals surface area contributed by atoms with Crippen molar-refractivity contribution >= 4 is 9.84 Å². The van der Waals surface area contributed by atoms with E-state index in [4.69, 9.17) is 5.73 Å². The van der Waals surface area contributed by atoms with Crippen LogP contribution in [0.15, 0.2) is 0 Å². The quantitative estimate of drug-likeness (QED) is 0.494. The van der Waals surface area contributed by atoms with E-state index < -0.39 is 15.9 Å². The fourth-order valence-electron chi connectivity index (χ4n) is 1.12. The molecule has 1 heterocycles. The molecule has 0 bridgehead atoms. The Kier molecular flexibility index (Phi) is 2.51. The first-order valence-corrected chi connectivity index (χ1v) is 5.47. The summed E-state index contributed by atoms with van der Waals surface area (Å²) in [6, 6.07) is -0.368. The topological polar surface area (TPSA) is 80.4 Å². The highest BCUT2D eigenvalue weighted by molar-refractivity contribution is 7.91. The Morgan fingerprint density at radius 1 is 1.27 bits per heavy atom. The molecule has 2 unspecified atom stereocenters. The maximum absolute atomic E-state index is 11.0. The molecule has 0 aromatic heterocycles. The molecule has 1 fully saturated rings. The zero-order chi connectivity index (χ0) is 8.48. The first-order valence-electron chi connectivity index (χ1n) is 3.65. The van der Waals surface area contributed by atoms with Crippen LogP contribution >= 0.6 is 0 Å². The van der Waals surface area contributed by atoms with Gasteiger partial charge in [0.2, 0.25) is 0 Å². The van der Waals surface area contributed by atoms with Crippen molar-refractivity contribution in [2.24, 2.45) is 5.73 Å². The van der Waals surface area contributed by atoms with Gasteiger partial charge in [-0.15, -0.1) is 0 Å². The minimum absolute atomic E-state index is 0.0713. The summed E-state index contributed by atoms with van der Waals surface area (Å²) in [6.45, 7) is 0. The lowest BCUT2D eigenvalue weighted by Gasteiger charge is -2.12. The van der Waals surface area contributed by atoms with E-state index in [0.29, 0.717) is 6.42 Å². The zero-order valence-electron chi connectivity index (χ0n) is 6.23. The molecule has 0 amide bonds. The molecule has 1 aliphatic heterocycles. The molecule has 11 heavy (non-hydrogen) atoms. The Morgan fingerprint density at radius 3 is 2.45 bits per heavy atom. The van der Waals surface area contributed by atoms with Crippen LogP contribution in [0, 0.1) is 0 Å². The third-order valence-electron chi connectivity index (χ3n) is 1.98. The van der Waals surface area contributed by atoms with E-state index in [1.807, 2.05) is 0 Å². The molecular formula is C6H13NO3S. The molecule has 5 heteroatoms. The number of rotatable bonds is 0. The minimum atomic E-state index is -2.93. The van der Waals surface area contributed by atoms with Crippen LogP contribution in [0.4, 0.5) is 0 Å². The number of sulfone groups is 1. The van der Waals surface area contributed by atoms with Gasteiger partial charge in [0.25, 0.3) is 0 Å². The number of hydrogen-bond donors (Lipinski definition) is 2. The molecule has 3 N–H and O–H groups in total. The van der Waals surface area contributed by atoms with Crippen LogP contribution in [0.25, 0.3) is 0 Å². The Balaban J connectivity index is 2.66.